The third kappa shape index (κ3) is 5.48. The maximum absolute atomic E-state index is 11.4. The number of rotatable bonds is 7. The van der Waals surface area contributed by atoms with E-state index in [1.165, 1.54) is 12.8 Å². The SMILES string of the molecule is O=C(CNC1CC1)NCCCN1CCOCC1. The first-order valence-corrected chi connectivity index (χ1v) is 6.65. The molecule has 5 nitrogen and oxygen atoms in total. The summed E-state index contributed by atoms with van der Waals surface area (Å²) in [7, 11) is 0. The summed E-state index contributed by atoms with van der Waals surface area (Å²) in [5.41, 5.74) is 0. The predicted octanol–water partition coefficient (Wildman–Crippen LogP) is -0.423. The molecule has 1 saturated heterocycles. The standard InChI is InChI=1S/C12H23N3O2/c16-12(10-14-11-2-3-11)13-4-1-5-15-6-8-17-9-7-15/h11,14H,1-10H2,(H,13,16). The van der Waals surface area contributed by atoms with Crippen LogP contribution in [0.3, 0.4) is 0 Å². The summed E-state index contributed by atoms with van der Waals surface area (Å²) in [5, 5.41) is 6.15. The summed E-state index contributed by atoms with van der Waals surface area (Å²) < 4.78 is 5.28. The Labute approximate surface area is 103 Å². The van der Waals surface area contributed by atoms with Gasteiger partial charge in [-0.2, -0.15) is 0 Å². The summed E-state index contributed by atoms with van der Waals surface area (Å²) >= 11 is 0. The smallest absolute Gasteiger partial charge is 0.233 e. The first kappa shape index (κ1) is 12.8. The highest BCUT2D eigenvalue weighted by molar-refractivity contribution is 5.78. The Kier molecular flexibility index (Phi) is 5.22. The third-order valence-corrected chi connectivity index (χ3v) is 3.21. The van der Waals surface area contributed by atoms with Gasteiger partial charge in [0.25, 0.3) is 0 Å². The Morgan fingerprint density at radius 3 is 2.76 bits per heavy atom. The number of hydrogen-bond acceptors (Lipinski definition) is 4. The first-order valence-electron chi connectivity index (χ1n) is 6.65. The van der Waals surface area contributed by atoms with E-state index in [0.29, 0.717) is 12.6 Å². The molecule has 2 aliphatic rings. The van der Waals surface area contributed by atoms with Crippen molar-refractivity contribution in [2.45, 2.75) is 25.3 Å². The zero-order valence-corrected chi connectivity index (χ0v) is 10.4. The Morgan fingerprint density at radius 1 is 1.29 bits per heavy atom. The molecule has 0 aromatic heterocycles. The van der Waals surface area contributed by atoms with Crippen molar-refractivity contribution in [3.05, 3.63) is 0 Å². The Hall–Kier alpha value is -0.650. The van der Waals surface area contributed by atoms with Gasteiger partial charge in [0.1, 0.15) is 0 Å². The van der Waals surface area contributed by atoms with Gasteiger partial charge in [0.2, 0.25) is 5.91 Å². The zero-order valence-electron chi connectivity index (χ0n) is 10.4. The Morgan fingerprint density at radius 2 is 2.06 bits per heavy atom. The molecule has 0 bridgehead atoms. The average Bonchev–Trinajstić information content (AvgIpc) is 3.17. The zero-order chi connectivity index (χ0) is 11.9. The Bertz CT molecular complexity index is 238. The molecule has 0 spiro atoms. The van der Waals surface area contributed by atoms with E-state index in [-0.39, 0.29) is 5.91 Å². The summed E-state index contributed by atoms with van der Waals surface area (Å²) in [4.78, 5) is 13.8. The molecular weight excluding hydrogens is 218 g/mol. The van der Waals surface area contributed by atoms with Crippen molar-refractivity contribution in [1.82, 2.24) is 15.5 Å². The van der Waals surface area contributed by atoms with E-state index in [2.05, 4.69) is 15.5 Å². The minimum absolute atomic E-state index is 0.124. The molecule has 2 N–H and O–H groups in total. The van der Waals surface area contributed by atoms with Crippen LogP contribution in [0.5, 0.6) is 0 Å². The van der Waals surface area contributed by atoms with E-state index < -0.39 is 0 Å². The van der Waals surface area contributed by atoms with Gasteiger partial charge in [-0.3, -0.25) is 9.69 Å². The van der Waals surface area contributed by atoms with Gasteiger partial charge in [-0.25, -0.2) is 0 Å². The number of carbonyl (C=O) groups excluding carboxylic acids is 1. The second-order valence-corrected chi connectivity index (χ2v) is 4.81. The molecule has 1 amide bonds. The summed E-state index contributed by atoms with van der Waals surface area (Å²) in [5.74, 6) is 0.124. The van der Waals surface area contributed by atoms with E-state index in [0.717, 1.165) is 45.8 Å². The van der Waals surface area contributed by atoms with Crippen LogP contribution in [0.15, 0.2) is 0 Å². The van der Waals surface area contributed by atoms with E-state index in [4.69, 9.17) is 4.74 Å². The van der Waals surface area contributed by atoms with Crippen LogP contribution in [-0.2, 0) is 9.53 Å². The van der Waals surface area contributed by atoms with Crippen molar-refractivity contribution < 1.29 is 9.53 Å². The monoisotopic (exact) mass is 241 g/mol. The number of morpholine rings is 1. The molecule has 2 fully saturated rings. The van der Waals surface area contributed by atoms with Crippen molar-refractivity contribution in [2.24, 2.45) is 0 Å². The lowest BCUT2D eigenvalue weighted by Crippen LogP contribution is -2.39. The van der Waals surface area contributed by atoms with Crippen molar-refractivity contribution in [3.63, 3.8) is 0 Å². The van der Waals surface area contributed by atoms with Crippen LogP contribution >= 0.6 is 0 Å². The van der Waals surface area contributed by atoms with Crippen LogP contribution in [0.25, 0.3) is 0 Å². The number of carbonyl (C=O) groups is 1. The molecule has 1 heterocycles. The Balaban J connectivity index is 1.42. The van der Waals surface area contributed by atoms with Gasteiger partial charge in [-0.15, -0.1) is 0 Å². The summed E-state index contributed by atoms with van der Waals surface area (Å²) in [6.07, 6.45) is 3.48. The molecule has 0 unspecified atom stereocenters. The molecular formula is C12H23N3O2. The van der Waals surface area contributed by atoms with Gasteiger partial charge in [-0.05, 0) is 25.8 Å². The van der Waals surface area contributed by atoms with Crippen LogP contribution in [0.2, 0.25) is 0 Å². The van der Waals surface area contributed by atoms with Crippen molar-refractivity contribution in [2.75, 3.05) is 45.9 Å². The van der Waals surface area contributed by atoms with E-state index >= 15 is 0 Å². The fourth-order valence-electron chi connectivity index (χ4n) is 1.94. The maximum Gasteiger partial charge on any atom is 0.233 e. The summed E-state index contributed by atoms with van der Waals surface area (Å²) in [6.45, 7) is 6.05. The number of hydrogen-bond donors (Lipinski definition) is 2. The van der Waals surface area contributed by atoms with Crippen LogP contribution in [0.4, 0.5) is 0 Å². The highest BCUT2D eigenvalue weighted by Crippen LogP contribution is 2.17. The van der Waals surface area contributed by atoms with Crippen molar-refractivity contribution in [1.29, 1.82) is 0 Å². The van der Waals surface area contributed by atoms with Crippen LogP contribution < -0.4 is 10.6 Å². The van der Waals surface area contributed by atoms with Gasteiger partial charge in [0, 0.05) is 25.7 Å². The van der Waals surface area contributed by atoms with E-state index in [1.54, 1.807) is 0 Å². The molecule has 0 aromatic rings. The quantitative estimate of drug-likeness (QED) is 0.594. The van der Waals surface area contributed by atoms with Crippen LogP contribution in [0.1, 0.15) is 19.3 Å². The minimum Gasteiger partial charge on any atom is -0.379 e. The lowest BCUT2D eigenvalue weighted by Gasteiger charge is -2.26. The average molecular weight is 241 g/mol. The fourth-order valence-corrected chi connectivity index (χ4v) is 1.94. The molecule has 1 aliphatic heterocycles. The third-order valence-electron chi connectivity index (χ3n) is 3.21. The lowest BCUT2D eigenvalue weighted by atomic mass is 10.3. The molecule has 17 heavy (non-hydrogen) atoms. The van der Waals surface area contributed by atoms with Crippen LogP contribution in [-0.4, -0.2) is 62.8 Å². The largest absolute Gasteiger partial charge is 0.379 e. The molecule has 1 aliphatic carbocycles. The van der Waals surface area contributed by atoms with E-state index in [1.807, 2.05) is 0 Å². The highest BCUT2D eigenvalue weighted by Gasteiger charge is 2.20. The topological polar surface area (TPSA) is 53.6 Å². The molecule has 2 rings (SSSR count). The molecule has 0 aromatic carbocycles. The normalized spacial score (nSPS) is 21.4. The van der Waals surface area contributed by atoms with Crippen LogP contribution in [0, 0.1) is 0 Å². The highest BCUT2D eigenvalue weighted by atomic mass is 16.5. The molecule has 98 valence electrons. The molecule has 5 heteroatoms. The van der Waals surface area contributed by atoms with Crippen molar-refractivity contribution in [3.8, 4) is 0 Å². The van der Waals surface area contributed by atoms with E-state index in [9.17, 15) is 4.79 Å². The molecule has 0 atom stereocenters. The van der Waals surface area contributed by atoms with Gasteiger partial charge >= 0.3 is 0 Å². The minimum atomic E-state index is 0.124. The van der Waals surface area contributed by atoms with Gasteiger partial charge in [0.05, 0.1) is 19.8 Å². The first-order chi connectivity index (χ1) is 8.34. The van der Waals surface area contributed by atoms with Gasteiger partial charge in [0.15, 0.2) is 0 Å². The number of amides is 1. The summed E-state index contributed by atoms with van der Waals surface area (Å²) in [6, 6.07) is 0.606. The van der Waals surface area contributed by atoms with Crippen molar-refractivity contribution >= 4 is 5.91 Å². The number of nitrogens with one attached hydrogen (secondary N) is 2. The second-order valence-electron chi connectivity index (χ2n) is 4.81. The maximum atomic E-state index is 11.4. The van der Waals surface area contributed by atoms with Gasteiger partial charge in [-0.1, -0.05) is 0 Å². The number of ether oxygens (including phenoxy) is 1. The lowest BCUT2D eigenvalue weighted by molar-refractivity contribution is -0.120. The number of nitrogens with zero attached hydrogens (tertiary/aromatic N) is 1. The second kappa shape index (κ2) is 6.93. The van der Waals surface area contributed by atoms with Gasteiger partial charge < -0.3 is 15.4 Å². The fraction of sp³-hybridized carbons (Fsp3) is 0.917. The molecule has 0 radical (unpaired) electrons. The predicted molar refractivity (Wildman–Crippen MR) is 65.9 cm³/mol. The molecule has 1 saturated carbocycles.